The van der Waals surface area contributed by atoms with Crippen LogP contribution in [0, 0.1) is 0 Å². The maximum absolute atomic E-state index is 13.5. The number of carbonyl (C=O) groups is 2. The van der Waals surface area contributed by atoms with Crippen LogP contribution in [0.15, 0.2) is 77.4 Å². The molecule has 0 fully saturated rings. The van der Waals surface area contributed by atoms with E-state index in [0.29, 0.717) is 6.42 Å². The van der Waals surface area contributed by atoms with Crippen LogP contribution in [-0.2, 0) is 27.6 Å². The third-order valence-electron chi connectivity index (χ3n) is 6.61. The molecule has 0 saturated heterocycles. The Morgan fingerprint density at radius 1 is 1.24 bits per heavy atom. The summed E-state index contributed by atoms with van der Waals surface area (Å²) in [6.07, 6.45) is 7.54. The van der Waals surface area contributed by atoms with E-state index in [9.17, 15) is 18.0 Å². The summed E-state index contributed by atoms with van der Waals surface area (Å²) in [5.74, 6) is -0.0848. The molecule has 2 N–H and O–H groups in total. The molecule has 1 aliphatic carbocycles. The monoisotopic (exact) mass is 535 g/mol. The van der Waals surface area contributed by atoms with Crippen molar-refractivity contribution < 1.29 is 22.7 Å². The van der Waals surface area contributed by atoms with Crippen LogP contribution in [-0.4, -0.2) is 37.1 Å². The Bertz CT molecular complexity index is 1570. The van der Waals surface area contributed by atoms with Gasteiger partial charge in [0.2, 0.25) is 0 Å². The normalized spacial score (nSPS) is 19.6. The molecule has 2 aromatic carbocycles. The summed E-state index contributed by atoms with van der Waals surface area (Å²) in [5.41, 5.74) is 1.61. The van der Waals surface area contributed by atoms with Crippen molar-refractivity contribution in [2.75, 3.05) is 12.4 Å². The lowest BCUT2D eigenvalue weighted by molar-refractivity contribution is -0.113. The van der Waals surface area contributed by atoms with Gasteiger partial charge in [-0.1, -0.05) is 30.4 Å². The number of fused-ring (bicyclic) bond motifs is 2. The van der Waals surface area contributed by atoms with E-state index in [1.807, 2.05) is 24.3 Å². The number of ether oxygens (including phenoxy) is 1. The van der Waals surface area contributed by atoms with E-state index in [1.54, 1.807) is 32.4 Å². The summed E-state index contributed by atoms with van der Waals surface area (Å²) < 4.78 is 30.9. The highest BCUT2D eigenvalue weighted by molar-refractivity contribution is 7.93. The van der Waals surface area contributed by atoms with Gasteiger partial charge in [0, 0.05) is 28.6 Å². The molecule has 1 unspecified atom stereocenters. The summed E-state index contributed by atoms with van der Waals surface area (Å²) >= 11 is 1.50. The third-order valence-corrected chi connectivity index (χ3v) is 10.1. The van der Waals surface area contributed by atoms with E-state index in [2.05, 4.69) is 15.6 Å². The summed E-state index contributed by atoms with van der Waals surface area (Å²) in [7, 11) is -2.26. The quantitative estimate of drug-likeness (QED) is 0.492. The van der Waals surface area contributed by atoms with Crippen molar-refractivity contribution in [2.24, 2.45) is 0 Å². The van der Waals surface area contributed by atoms with Crippen LogP contribution in [0.3, 0.4) is 0 Å². The molecule has 1 aromatic heterocycles. The SMILES string of the molecule is COc1cccc(Cc2ncc(CNC(=O)c3ccc4c(c3)NC(=O)C3=CC=CCC3(C)S4(=O)=O)s2)c1. The van der Waals surface area contributed by atoms with Crippen molar-refractivity contribution in [1.29, 1.82) is 0 Å². The van der Waals surface area contributed by atoms with Gasteiger partial charge in [-0.05, 0) is 49.2 Å². The number of nitrogens with zero attached hydrogens (tertiary/aromatic N) is 1. The molecule has 1 aliphatic heterocycles. The third kappa shape index (κ3) is 4.58. The fourth-order valence-corrected chi connectivity index (χ4v) is 7.28. The van der Waals surface area contributed by atoms with Crippen molar-refractivity contribution in [3.05, 3.63) is 93.5 Å². The van der Waals surface area contributed by atoms with Gasteiger partial charge < -0.3 is 15.4 Å². The smallest absolute Gasteiger partial charge is 0.253 e. The van der Waals surface area contributed by atoms with Crippen LogP contribution in [0.5, 0.6) is 5.75 Å². The highest BCUT2D eigenvalue weighted by atomic mass is 32.2. The van der Waals surface area contributed by atoms with Gasteiger partial charge in [0.15, 0.2) is 9.84 Å². The molecule has 1 atom stereocenters. The largest absolute Gasteiger partial charge is 0.497 e. The average Bonchev–Trinajstić information content (AvgIpc) is 3.32. The molecule has 2 heterocycles. The number of hydrogen-bond acceptors (Lipinski definition) is 7. The van der Waals surface area contributed by atoms with Crippen LogP contribution in [0.25, 0.3) is 0 Å². The molecule has 37 heavy (non-hydrogen) atoms. The highest BCUT2D eigenvalue weighted by Crippen LogP contribution is 2.43. The number of amides is 2. The Hall–Kier alpha value is -3.76. The molecule has 0 radical (unpaired) electrons. The van der Waals surface area contributed by atoms with Gasteiger partial charge in [-0.25, -0.2) is 13.4 Å². The molecular formula is C27H25N3O5S2. The van der Waals surface area contributed by atoms with Crippen molar-refractivity contribution in [2.45, 2.75) is 36.0 Å². The summed E-state index contributed by atoms with van der Waals surface area (Å²) in [4.78, 5) is 31.1. The zero-order chi connectivity index (χ0) is 26.2. The van der Waals surface area contributed by atoms with Gasteiger partial charge >= 0.3 is 0 Å². The standard InChI is InChI=1S/C27H25N3O5S2/c1-27-11-4-3-8-21(27)26(32)30-22-14-18(9-10-23(22)37(27,33)34)25(31)29-16-20-15-28-24(36-20)13-17-6-5-7-19(12-17)35-2/h3-10,12,14-15H,11,13,16H2,1-2H3,(H,29,31)(H,30,32). The predicted octanol–water partition coefficient (Wildman–Crippen LogP) is 4.04. The van der Waals surface area contributed by atoms with Crippen molar-refractivity contribution in [3.8, 4) is 5.75 Å². The maximum Gasteiger partial charge on any atom is 0.253 e. The fourth-order valence-electron chi connectivity index (χ4n) is 4.49. The molecule has 0 spiro atoms. The molecular weight excluding hydrogens is 510 g/mol. The van der Waals surface area contributed by atoms with E-state index in [-0.39, 0.29) is 40.6 Å². The Labute approximate surface area is 219 Å². The first-order chi connectivity index (χ1) is 17.7. The molecule has 8 nitrogen and oxygen atoms in total. The molecule has 5 rings (SSSR count). The Morgan fingerprint density at radius 2 is 2.08 bits per heavy atom. The number of methoxy groups -OCH3 is 1. The zero-order valence-corrected chi connectivity index (χ0v) is 21.9. The average molecular weight is 536 g/mol. The first-order valence-electron chi connectivity index (χ1n) is 11.6. The first kappa shape index (κ1) is 24.9. The second kappa shape index (κ2) is 9.60. The van der Waals surface area contributed by atoms with Gasteiger partial charge in [0.1, 0.15) is 10.5 Å². The summed E-state index contributed by atoms with van der Waals surface area (Å²) in [5, 5.41) is 6.45. The van der Waals surface area contributed by atoms with Gasteiger partial charge in [-0.3, -0.25) is 9.59 Å². The Morgan fingerprint density at radius 3 is 2.89 bits per heavy atom. The van der Waals surface area contributed by atoms with Gasteiger partial charge in [0.05, 0.1) is 29.2 Å². The second-order valence-electron chi connectivity index (χ2n) is 9.04. The predicted molar refractivity (Wildman–Crippen MR) is 142 cm³/mol. The minimum atomic E-state index is -3.89. The van der Waals surface area contributed by atoms with Crippen molar-refractivity contribution >= 4 is 38.7 Å². The van der Waals surface area contributed by atoms with E-state index >= 15 is 0 Å². The van der Waals surface area contributed by atoms with Crippen LogP contribution in [0.2, 0.25) is 0 Å². The minimum absolute atomic E-state index is 0.00300. The maximum atomic E-state index is 13.5. The zero-order valence-electron chi connectivity index (χ0n) is 20.3. The first-order valence-corrected chi connectivity index (χ1v) is 13.9. The molecule has 0 bridgehead atoms. The fraction of sp³-hybridized carbons (Fsp3) is 0.222. The Kier molecular flexibility index (Phi) is 6.47. The number of anilines is 1. The highest BCUT2D eigenvalue weighted by Gasteiger charge is 2.49. The molecule has 10 heteroatoms. The second-order valence-corrected chi connectivity index (χ2v) is 12.6. The molecule has 0 saturated carbocycles. The number of sulfone groups is 1. The minimum Gasteiger partial charge on any atom is -0.497 e. The number of thiazole rings is 1. The van der Waals surface area contributed by atoms with E-state index in [0.717, 1.165) is 21.2 Å². The van der Waals surface area contributed by atoms with Crippen LogP contribution in [0.4, 0.5) is 5.69 Å². The number of nitrogens with one attached hydrogen (secondary N) is 2. The lowest BCUT2D eigenvalue weighted by atomic mass is 9.91. The Balaban J connectivity index is 1.30. The number of rotatable bonds is 6. The van der Waals surface area contributed by atoms with E-state index < -0.39 is 20.5 Å². The summed E-state index contributed by atoms with van der Waals surface area (Å²) in [6.45, 7) is 1.83. The summed E-state index contributed by atoms with van der Waals surface area (Å²) in [6, 6.07) is 12.1. The number of benzene rings is 2. The number of allylic oxidation sites excluding steroid dienone is 3. The molecule has 2 aliphatic rings. The van der Waals surface area contributed by atoms with Crippen molar-refractivity contribution in [1.82, 2.24) is 10.3 Å². The van der Waals surface area contributed by atoms with E-state index in [1.165, 1.54) is 35.6 Å². The van der Waals surface area contributed by atoms with Gasteiger partial charge in [0.25, 0.3) is 11.8 Å². The topological polar surface area (TPSA) is 114 Å². The molecule has 190 valence electrons. The van der Waals surface area contributed by atoms with Crippen molar-refractivity contribution in [3.63, 3.8) is 0 Å². The van der Waals surface area contributed by atoms with Crippen LogP contribution < -0.4 is 15.4 Å². The lowest BCUT2D eigenvalue weighted by Gasteiger charge is -2.29. The van der Waals surface area contributed by atoms with Crippen LogP contribution >= 0.6 is 11.3 Å². The van der Waals surface area contributed by atoms with Gasteiger partial charge in [-0.15, -0.1) is 11.3 Å². The molecule has 3 aromatic rings. The number of aromatic nitrogens is 1. The van der Waals surface area contributed by atoms with Crippen LogP contribution in [0.1, 0.15) is 39.2 Å². The van der Waals surface area contributed by atoms with Gasteiger partial charge in [-0.2, -0.15) is 0 Å². The molecule has 2 amide bonds. The van der Waals surface area contributed by atoms with E-state index in [4.69, 9.17) is 4.74 Å². The number of carbonyl (C=O) groups excluding carboxylic acids is 2. The lowest BCUT2D eigenvalue weighted by Crippen LogP contribution is -2.40. The number of hydrogen-bond donors (Lipinski definition) is 2.